The molecule has 1 aliphatic rings. The van der Waals surface area contributed by atoms with Gasteiger partial charge < -0.3 is 19.5 Å². The number of benzene rings is 1. The molecule has 0 bridgehead atoms. The number of nitrogens with one attached hydrogen (secondary N) is 2. The van der Waals surface area contributed by atoms with Crippen LogP contribution in [0.25, 0.3) is 0 Å². The van der Waals surface area contributed by atoms with Gasteiger partial charge in [-0.2, -0.15) is 0 Å². The highest BCUT2D eigenvalue weighted by Crippen LogP contribution is 2.37. The quantitative estimate of drug-likeness (QED) is 0.786. The van der Waals surface area contributed by atoms with Crippen LogP contribution in [0.2, 0.25) is 0 Å². The number of ether oxygens (including phenoxy) is 3. The van der Waals surface area contributed by atoms with Gasteiger partial charge in [-0.25, -0.2) is 13.1 Å². The third kappa shape index (κ3) is 3.95. The van der Waals surface area contributed by atoms with Crippen molar-refractivity contribution in [2.45, 2.75) is 17.4 Å². The minimum atomic E-state index is -3.75. The van der Waals surface area contributed by atoms with Gasteiger partial charge in [0.25, 0.3) is 0 Å². The molecule has 0 radical (unpaired) electrons. The first-order valence-corrected chi connectivity index (χ1v) is 8.03. The van der Waals surface area contributed by atoms with Crippen molar-refractivity contribution in [2.24, 2.45) is 0 Å². The first-order valence-electron chi connectivity index (χ1n) is 6.55. The van der Waals surface area contributed by atoms with Crippen molar-refractivity contribution in [1.82, 2.24) is 10.0 Å². The number of methoxy groups -OCH3 is 3. The molecule has 1 heterocycles. The molecule has 7 nitrogen and oxygen atoms in total. The Morgan fingerprint density at radius 2 is 1.73 bits per heavy atom. The summed E-state index contributed by atoms with van der Waals surface area (Å²) in [5.74, 6) is 0.833. The van der Waals surface area contributed by atoms with Gasteiger partial charge in [-0.15, -0.1) is 12.4 Å². The summed E-state index contributed by atoms with van der Waals surface area (Å²) in [6.07, 6.45) is 0.750. The zero-order valence-electron chi connectivity index (χ0n) is 12.7. The maximum absolute atomic E-state index is 12.6. The van der Waals surface area contributed by atoms with Crippen LogP contribution in [0.15, 0.2) is 17.0 Å². The maximum atomic E-state index is 12.6. The smallest absolute Gasteiger partial charge is 0.248 e. The van der Waals surface area contributed by atoms with Crippen molar-refractivity contribution in [3.05, 3.63) is 12.1 Å². The van der Waals surface area contributed by atoms with E-state index in [4.69, 9.17) is 14.2 Å². The van der Waals surface area contributed by atoms with Gasteiger partial charge in [0.1, 0.15) is 17.2 Å². The third-order valence-corrected chi connectivity index (χ3v) is 4.90. The van der Waals surface area contributed by atoms with Crippen LogP contribution in [0, 0.1) is 0 Å². The van der Waals surface area contributed by atoms with Crippen molar-refractivity contribution >= 4 is 22.4 Å². The molecular weight excluding hydrogens is 332 g/mol. The van der Waals surface area contributed by atoms with Crippen molar-refractivity contribution in [1.29, 1.82) is 0 Å². The van der Waals surface area contributed by atoms with Gasteiger partial charge in [0.05, 0.1) is 21.3 Å². The molecule has 1 saturated heterocycles. The Morgan fingerprint density at radius 1 is 1.14 bits per heavy atom. The summed E-state index contributed by atoms with van der Waals surface area (Å²) in [4.78, 5) is -0.0137. The minimum Gasteiger partial charge on any atom is -0.496 e. The SMILES string of the molecule is COc1cc(OC)c(S(=O)(=O)NC2CCNC2)c(OC)c1.Cl. The van der Waals surface area contributed by atoms with Crippen LogP contribution in [-0.4, -0.2) is 48.9 Å². The molecule has 126 valence electrons. The molecule has 1 fully saturated rings. The summed E-state index contributed by atoms with van der Waals surface area (Å²) in [5.41, 5.74) is 0. The maximum Gasteiger partial charge on any atom is 0.248 e. The number of hydrogen-bond acceptors (Lipinski definition) is 6. The first-order chi connectivity index (χ1) is 10.0. The summed E-state index contributed by atoms with van der Waals surface area (Å²) in [7, 11) is 0.555. The summed E-state index contributed by atoms with van der Waals surface area (Å²) < 4.78 is 43.4. The van der Waals surface area contributed by atoms with Crippen LogP contribution in [0.3, 0.4) is 0 Å². The number of sulfonamides is 1. The standard InChI is InChI=1S/C13H20N2O5S.ClH/c1-18-10-6-11(19-2)13(12(7-10)20-3)21(16,17)15-9-4-5-14-8-9;/h6-7,9,14-15H,4-5,8H2,1-3H3;1H. The van der Waals surface area contributed by atoms with Crippen LogP contribution in [-0.2, 0) is 10.0 Å². The Labute approximate surface area is 136 Å². The number of rotatable bonds is 6. The Balaban J connectivity index is 0.00000242. The summed E-state index contributed by atoms with van der Waals surface area (Å²) in [6, 6.07) is 2.90. The molecule has 1 aromatic rings. The molecule has 1 atom stereocenters. The fourth-order valence-corrected chi connectivity index (χ4v) is 3.84. The largest absolute Gasteiger partial charge is 0.496 e. The van der Waals surface area contributed by atoms with Crippen LogP contribution in [0.1, 0.15) is 6.42 Å². The Bertz CT molecular complexity index is 577. The second kappa shape index (κ2) is 7.87. The Morgan fingerprint density at radius 3 is 2.14 bits per heavy atom. The van der Waals surface area contributed by atoms with E-state index in [1.165, 1.54) is 33.5 Å². The Hall–Kier alpha value is -1.22. The lowest BCUT2D eigenvalue weighted by molar-refractivity contribution is 0.358. The molecule has 0 aliphatic carbocycles. The lowest BCUT2D eigenvalue weighted by Gasteiger charge is -2.17. The number of halogens is 1. The van der Waals surface area contributed by atoms with E-state index in [2.05, 4.69) is 10.0 Å². The molecule has 0 aromatic heterocycles. The summed E-state index contributed by atoms with van der Waals surface area (Å²) in [5, 5.41) is 3.11. The van der Waals surface area contributed by atoms with E-state index in [1.807, 2.05) is 0 Å². The molecule has 2 N–H and O–H groups in total. The second-order valence-electron chi connectivity index (χ2n) is 4.67. The molecule has 1 aromatic carbocycles. The average molecular weight is 353 g/mol. The first kappa shape index (κ1) is 18.8. The zero-order chi connectivity index (χ0) is 15.5. The fraction of sp³-hybridized carbons (Fsp3) is 0.538. The van der Waals surface area contributed by atoms with Crippen molar-refractivity contribution in [3.8, 4) is 17.2 Å². The van der Waals surface area contributed by atoms with Crippen molar-refractivity contribution in [2.75, 3.05) is 34.4 Å². The molecule has 1 aliphatic heterocycles. The molecular formula is C13H21ClN2O5S. The van der Waals surface area contributed by atoms with Crippen LogP contribution in [0.5, 0.6) is 17.2 Å². The van der Waals surface area contributed by atoms with Crippen molar-refractivity contribution in [3.63, 3.8) is 0 Å². The fourth-order valence-electron chi connectivity index (χ4n) is 2.27. The summed E-state index contributed by atoms with van der Waals surface area (Å²) >= 11 is 0. The summed E-state index contributed by atoms with van der Waals surface area (Å²) in [6.45, 7) is 1.41. The predicted octanol–water partition coefficient (Wildman–Crippen LogP) is 0.774. The van der Waals surface area contributed by atoms with E-state index in [0.29, 0.717) is 12.3 Å². The highest BCUT2D eigenvalue weighted by molar-refractivity contribution is 7.89. The average Bonchev–Trinajstić information content (AvgIpc) is 2.97. The molecule has 1 unspecified atom stereocenters. The Kier molecular flexibility index (Phi) is 6.73. The van der Waals surface area contributed by atoms with Gasteiger partial charge in [0, 0.05) is 24.7 Å². The van der Waals surface area contributed by atoms with E-state index in [1.54, 1.807) is 0 Å². The monoisotopic (exact) mass is 352 g/mol. The number of hydrogen-bond donors (Lipinski definition) is 2. The van der Waals surface area contributed by atoms with Crippen molar-refractivity contribution < 1.29 is 22.6 Å². The predicted molar refractivity (Wildman–Crippen MR) is 84.9 cm³/mol. The van der Waals surface area contributed by atoms with E-state index < -0.39 is 10.0 Å². The molecule has 9 heteroatoms. The van der Waals surface area contributed by atoms with E-state index in [-0.39, 0.29) is 34.8 Å². The van der Waals surface area contributed by atoms with Gasteiger partial charge in [-0.05, 0) is 13.0 Å². The molecule has 0 spiro atoms. The van der Waals surface area contributed by atoms with Gasteiger partial charge in [-0.1, -0.05) is 0 Å². The highest BCUT2D eigenvalue weighted by atomic mass is 35.5. The van der Waals surface area contributed by atoms with Crippen LogP contribution >= 0.6 is 12.4 Å². The van der Waals surface area contributed by atoms with Gasteiger partial charge in [0.15, 0.2) is 4.90 Å². The van der Waals surface area contributed by atoms with E-state index >= 15 is 0 Å². The lowest BCUT2D eigenvalue weighted by atomic mass is 10.3. The molecule has 2 rings (SSSR count). The topological polar surface area (TPSA) is 85.9 Å². The van der Waals surface area contributed by atoms with Gasteiger partial charge >= 0.3 is 0 Å². The van der Waals surface area contributed by atoms with Crippen LogP contribution in [0.4, 0.5) is 0 Å². The van der Waals surface area contributed by atoms with Crippen LogP contribution < -0.4 is 24.2 Å². The lowest BCUT2D eigenvalue weighted by Crippen LogP contribution is -2.36. The third-order valence-electron chi connectivity index (χ3n) is 3.32. The zero-order valence-corrected chi connectivity index (χ0v) is 14.3. The minimum absolute atomic E-state index is 0. The second-order valence-corrected chi connectivity index (χ2v) is 6.32. The van der Waals surface area contributed by atoms with E-state index in [0.717, 1.165) is 13.0 Å². The molecule has 22 heavy (non-hydrogen) atoms. The molecule has 0 amide bonds. The molecule has 0 saturated carbocycles. The van der Waals surface area contributed by atoms with E-state index in [9.17, 15) is 8.42 Å². The van der Waals surface area contributed by atoms with Gasteiger partial charge in [0.2, 0.25) is 10.0 Å². The van der Waals surface area contributed by atoms with Gasteiger partial charge in [-0.3, -0.25) is 0 Å². The normalized spacial score (nSPS) is 17.7. The highest BCUT2D eigenvalue weighted by Gasteiger charge is 2.29.